The number of carbonyl (C=O) groups excluding carboxylic acids is 1. The van der Waals surface area contributed by atoms with E-state index >= 15 is 0 Å². The van der Waals surface area contributed by atoms with Crippen molar-refractivity contribution in [3.05, 3.63) is 83.6 Å². The van der Waals surface area contributed by atoms with Crippen molar-refractivity contribution in [2.75, 3.05) is 16.7 Å². The van der Waals surface area contributed by atoms with Crippen molar-refractivity contribution in [1.82, 2.24) is 4.98 Å². The van der Waals surface area contributed by atoms with Gasteiger partial charge in [-0.3, -0.25) is 9.10 Å². The summed E-state index contributed by atoms with van der Waals surface area (Å²) in [5.74, 6) is -0.0110. The summed E-state index contributed by atoms with van der Waals surface area (Å²) in [5.41, 5.74) is 2.60. The summed E-state index contributed by atoms with van der Waals surface area (Å²) in [6.07, 6.45) is 0. The molecule has 0 unspecified atom stereocenters. The summed E-state index contributed by atoms with van der Waals surface area (Å²) in [6, 6.07) is 18.4. The molecule has 0 spiro atoms. The fourth-order valence-electron chi connectivity index (χ4n) is 2.65. The minimum absolute atomic E-state index is 0.0421. The molecule has 1 amide bonds. The van der Waals surface area contributed by atoms with Gasteiger partial charge < -0.3 is 5.32 Å². The average Bonchev–Trinajstić information content (AvgIpc) is 2.68. The molecule has 0 saturated heterocycles. The number of aromatic nitrogens is 1. The first-order chi connectivity index (χ1) is 13.3. The van der Waals surface area contributed by atoms with Crippen molar-refractivity contribution in [2.24, 2.45) is 0 Å². The summed E-state index contributed by atoms with van der Waals surface area (Å²) in [7, 11) is -2.31. The van der Waals surface area contributed by atoms with E-state index in [0.717, 1.165) is 11.3 Å². The van der Waals surface area contributed by atoms with Gasteiger partial charge in [0.1, 0.15) is 5.82 Å². The highest BCUT2D eigenvalue weighted by atomic mass is 32.2. The predicted molar refractivity (Wildman–Crippen MR) is 110 cm³/mol. The Morgan fingerprint density at radius 2 is 1.64 bits per heavy atom. The second kappa shape index (κ2) is 7.82. The lowest BCUT2D eigenvalue weighted by Crippen LogP contribution is -2.26. The quantitative estimate of drug-likeness (QED) is 0.713. The van der Waals surface area contributed by atoms with Crippen molar-refractivity contribution in [2.45, 2.75) is 18.7 Å². The topological polar surface area (TPSA) is 79.4 Å². The van der Waals surface area contributed by atoms with E-state index in [-0.39, 0.29) is 10.5 Å². The number of sulfonamides is 1. The first-order valence-corrected chi connectivity index (χ1v) is 10.1. The third-order valence-corrected chi connectivity index (χ3v) is 6.06. The van der Waals surface area contributed by atoms with Crippen LogP contribution in [0.3, 0.4) is 0 Å². The molecule has 6 nitrogen and oxygen atoms in total. The normalized spacial score (nSPS) is 11.1. The Labute approximate surface area is 164 Å². The van der Waals surface area contributed by atoms with Crippen LogP contribution in [0.25, 0.3) is 0 Å². The molecule has 0 aliphatic carbocycles. The van der Waals surface area contributed by atoms with Gasteiger partial charge in [0.05, 0.1) is 10.6 Å². The van der Waals surface area contributed by atoms with E-state index < -0.39 is 15.9 Å². The van der Waals surface area contributed by atoms with Crippen LogP contribution >= 0.6 is 0 Å². The maximum Gasteiger partial charge on any atom is 0.264 e. The molecule has 0 aliphatic rings. The number of anilines is 2. The third-order valence-electron chi connectivity index (χ3n) is 4.28. The number of benzene rings is 2. The average molecular weight is 395 g/mol. The van der Waals surface area contributed by atoms with Gasteiger partial charge in [0.25, 0.3) is 15.9 Å². The maximum atomic E-state index is 13.0. The van der Waals surface area contributed by atoms with Crippen molar-refractivity contribution in [1.29, 1.82) is 0 Å². The Morgan fingerprint density at radius 1 is 0.964 bits per heavy atom. The molecular formula is C21H21N3O3S. The molecule has 0 saturated carbocycles. The number of hydrogen-bond donors (Lipinski definition) is 1. The summed E-state index contributed by atoms with van der Waals surface area (Å²) >= 11 is 0. The summed E-state index contributed by atoms with van der Waals surface area (Å²) in [4.78, 5) is 16.8. The minimum Gasteiger partial charge on any atom is -0.307 e. The second-order valence-corrected chi connectivity index (χ2v) is 8.42. The fourth-order valence-corrected chi connectivity index (χ4v) is 3.89. The van der Waals surface area contributed by atoms with E-state index in [2.05, 4.69) is 10.3 Å². The van der Waals surface area contributed by atoms with Gasteiger partial charge in [-0.1, -0.05) is 29.8 Å². The van der Waals surface area contributed by atoms with Gasteiger partial charge in [0, 0.05) is 18.3 Å². The van der Waals surface area contributed by atoms with Crippen molar-refractivity contribution in [3.63, 3.8) is 0 Å². The lowest BCUT2D eigenvalue weighted by atomic mass is 10.2. The number of carbonyl (C=O) groups is 1. The molecule has 0 fully saturated rings. The largest absolute Gasteiger partial charge is 0.307 e. The van der Waals surface area contributed by atoms with Crippen molar-refractivity contribution < 1.29 is 13.2 Å². The molecule has 1 N–H and O–H groups in total. The highest BCUT2D eigenvalue weighted by molar-refractivity contribution is 7.92. The molecular weight excluding hydrogens is 374 g/mol. The molecule has 0 atom stereocenters. The molecule has 0 aliphatic heterocycles. The van der Waals surface area contributed by atoms with E-state index in [4.69, 9.17) is 0 Å². The van der Waals surface area contributed by atoms with Crippen LogP contribution in [-0.2, 0) is 10.0 Å². The van der Waals surface area contributed by atoms with Crippen molar-refractivity contribution in [3.8, 4) is 0 Å². The number of hydrogen-bond acceptors (Lipinski definition) is 4. The van der Waals surface area contributed by atoms with Gasteiger partial charge in [-0.05, 0) is 56.3 Å². The zero-order valence-corrected chi connectivity index (χ0v) is 16.7. The van der Waals surface area contributed by atoms with E-state index in [1.54, 1.807) is 36.4 Å². The van der Waals surface area contributed by atoms with Crippen LogP contribution in [0.2, 0.25) is 0 Å². The van der Waals surface area contributed by atoms with Gasteiger partial charge in [-0.15, -0.1) is 0 Å². The number of nitrogens with zero attached hydrogens (tertiary/aromatic N) is 2. The first-order valence-electron chi connectivity index (χ1n) is 8.68. The fraction of sp³-hybridized carbons (Fsp3) is 0.143. The van der Waals surface area contributed by atoms with E-state index in [1.165, 1.54) is 23.5 Å². The standard InChI is InChI=1S/C21H21N3O3S/c1-15-10-12-18(13-11-15)24(3)28(26,27)19-8-5-7-17(14-19)21(25)23-20-9-4-6-16(2)22-20/h4-14H,1-3H3,(H,22,23,25). The lowest BCUT2D eigenvalue weighted by Gasteiger charge is -2.20. The lowest BCUT2D eigenvalue weighted by molar-refractivity contribution is 0.102. The molecule has 28 heavy (non-hydrogen) atoms. The Bertz CT molecular complexity index is 1110. The second-order valence-electron chi connectivity index (χ2n) is 6.45. The Kier molecular flexibility index (Phi) is 5.46. The number of aryl methyl sites for hydroxylation is 2. The number of nitrogens with one attached hydrogen (secondary N) is 1. The highest BCUT2D eigenvalue weighted by Crippen LogP contribution is 2.23. The molecule has 3 aromatic rings. The zero-order valence-electron chi connectivity index (χ0n) is 15.9. The predicted octanol–water partition coefficient (Wildman–Crippen LogP) is 3.78. The monoisotopic (exact) mass is 395 g/mol. The molecule has 2 aromatic carbocycles. The number of rotatable bonds is 5. The van der Waals surface area contributed by atoms with Crippen LogP contribution in [0.5, 0.6) is 0 Å². The molecule has 1 aromatic heterocycles. The molecule has 144 valence electrons. The Hall–Kier alpha value is -3.19. The SMILES string of the molecule is Cc1ccc(N(C)S(=O)(=O)c2cccc(C(=O)Nc3cccc(C)n3)c2)cc1. The van der Waals surface area contributed by atoms with Crippen LogP contribution < -0.4 is 9.62 Å². The van der Waals surface area contributed by atoms with Gasteiger partial charge in [-0.2, -0.15) is 0 Å². The van der Waals surface area contributed by atoms with Crippen LogP contribution in [0.4, 0.5) is 11.5 Å². The van der Waals surface area contributed by atoms with Crippen molar-refractivity contribution >= 4 is 27.4 Å². The van der Waals surface area contributed by atoms with Gasteiger partial charge >= 0.3 is 0 Å². The summed E-state index contributed by atoms with van der Waals surface area (Å²) < 4.78 is 27.2. The van der Waals surface area contributed by atoms with E-state index in [1.807, 2.05) is 32.0 Å². The zero-order chi connectivity index (χ0) is 20.3. The Morgan fingerprint density at radius 3 is 2.32 bits per heavy atom. The Balaban J connectivity index is 1.87. The maximum absolute atomic E-state index is 13.0. The third kappa shape index (κ3) is 4.20. The summed E-state index contributed by atoms with van der Waals surface area (Å²) in [5, 5.41) is 2.69. The van der Waals surface area contributed by atoms with Crippen LogP contribution in [-0.4, -0.2) is 26.4 Å². The molecule has 7 heteroatoms. The minimum atomic E-state index is -3.80. The smallest absolute Gasteiger partial charge is 0.264 e. The summed E-state index contributed by atoms with van der Waals surface area (Å²) in [6.45, 7) is 3.76. The van der Waals surface area contributed by atoms with E-state index in [9.17, 15) is 13.2 Å². The van der Waals surface area contributed by atoms with Gasteiger partial charge in [-0.25, -0.2) is 13.4 Å². The van der Waals surface area contributed by atoms with Gasteiger partial charge in [0.15, 0.2) is 0 Å². The first kappa shape index (κ1) is 19.6. The van der Waals surface area contributed by atoms with Gasteiger partial charge in [0.2, 0.25) is 0 Å². The number of amides is 1. The molecule has 1 heterocycles. The number of pyridine rings is 1. The van der Waals surface area contributed by atoms with Crippen LogP contribution in [0.15, 0.2) is 71.6 Å². The van der Waals surface area contributed by atoms with Crippen LogP contribution in [0.1, 0.15) is 21.6 Å². The van der Waals surface area contributed by atoms with Crippen LogP contribution in [0, 0.1) is 13.8 Å². The molecule has 3 rings (SSSR count). The molecule has 0 bridgehead atoms. The van der Waals surface area contributed by atoms with E-state index in [0.29, 0.717) is 11.5 Å². The molecule has 0 radical (unpaired) electrons. The highest BCUT2D eigenvalue weighted by Gasteiger charge is 2.22.